The second-order valence-corrected chi connectivity index (χ2v) is 6.40. The summed E-state index contributed by atoms with van der Waals surface area (Å²) in [5.41, 5.74) is 0.946. The summed E-state index contributed by atoms with van der Waals surface area (Å²) in [6.07, 6.45) is 0. The molecule has 1 aromatic rings. The molecule has 0 aliphatic carbocycles. The van der Waals surface area contributed by atoms with Gasteiger partial charge in [0, 0.05) is 26.8 Å². The smallest absolute Gasteiger partial charge is 0.309 e. The van der Waals surface area contributed by atoms with Crippen molar-refractivity contribution >= 4 is 28.4 Å². The first kappa shape index (κ1) is 15.2. The van der Waals surface area contributed by atoms with E-state index in [-0.39, 0.29) is 17.1 Å². The fourth-order valence-corrected chi connectivity index (χ4v) is 2.96. The number of carbonyl (C=O) groups is 1. The lowest BCUT2D eigenvalue weighted by atomic mass is 10.1. The molecule has 18 heavy (non-hydrogen) atoms. The zero-order valence-electron chi connectivity index (χ0n) is 10.7. The zero-order chi connectivity index (χ0) is 13.7. The molecule has 0 radical (unpaired) electrons. The number of ether oxygens (including phenoxy) is 1. The summed E-state index contributed by atoms with van der Waals surface area (Å²) < 4.78 is 16.8. The van der Waals surface area contributed by atoms with E-state index < -0.39 is 10.8 Å². The highest BCUT2D eigenvalue weighted by atomic mass is 35.5. The number of methoxy groups -OCH3 is 1. The van der Waals surface area contributed by atoms with Crippen molar-refractivity contribution in [1.29, 1.82) is 0 Å². The molecule has 0 bridgehead atoms. The van der Waals surface area contributed by atoms with Crippen LogP contribution in [-0.2, 0) is 26.1 Å². The van der Waals surface area contributed by atoms with Gasteiger partial charge in [-0.1, -0.05) is 30.7 Å². The van der Waals surface area contributed by atoms with Crippen molar-refractivity contribution in [3.8, 4) is 0 Å². The van der Waals surface area contributed by atoms with Crippen LogP contribution in [0.4, 0.5) is 0 Å². The maximum absolute atomic E-state index is 12.1. The number of rotatable bonds is 5. The number of hydrogen-bond acceptors (Lipinski definition) is 3. The van der Waals surface area contributed by atoms with Crippen LogP contribution in [0.25, 0.3) is 0 Å². The van der Waals surface area contributed by atoms with Gasteiger partial charge in [-0.15, -0.1) is 0 Å². The van der Waals surface area contributed by atoms with Crippen molar-refractivity contribution in [3.63, 3.8) is 0 Å². The summed E-state index contributed by atoms with van der Waals surface area (Å²) in [6.45, 7) is 3.53. The van der Waals surface area contributed by atoms with Crippen LogP contribution in [0, 0.1) is 5.92 Å². The van der Waals surface area contributed by atoms with Gasteiger partial charge in [0.25, 0.3) is 0 Å². The van der Waals surface area contributed by atoms with Crippen LogP contribution in [0.3, 0.4) is 0 Å². The van der Waals surface area contributed by atoms with Crippen molar-refractivity contribution in [1.82, 2.24) is 0 Å². The molecular weight excluding hydrogens is 272 g/mol. The highest BCUT2D eigenvalue weighted by Gasteiger charge is 2.25. The molecule has 0 saturated heterocycles. The summed E-state index contributed by atoms with van der Waals surface area (Å²) in [6, 6.07) is 7.22. The van der Waals surface area contributed by atoms with Gasteiger partial charge in [0.1, 0.15) is 0 Å². The van der Waals surface area contributed by atoms with E-state index in [1.807, 2.05) is 12.1 Å². The van der Waals surface area contributed by atoms with E-state index >= 15 is 0 Å². The van der Waals surface area contributed by atoms with Crippen LogP contribution in [-0.4, -0.2) is 22.5 Å². The first-order valence-electron chi connectivity index (χ1n) is 5.65. The fraction of sp³-hybridized carbons (Fsp3) is 0.462. The average Bonchev–Trinajstić information content (AvgIpc) is 2.38. The minimum atomic E-state index is -1.12. The van der Waals surface area contributed by atoms with Gasteiger partial charge in [0.15, 0.2) is 0 Å². The molecule has 0 saturated carbocycles. The van der Waals surface area contributed by atoms with Crippen molar-refractivity contribution < 1.29 is 13.7 Å². The van der Waals surface area contributed by atoms with Crippen LogP contribution in [0.15, 0.2) is 24.3 Å². The maximum atomic E-state index is 12.1. The first-order chi connectivity index (χ1) is 8.45. The summed E-state index contributed by atoms with van der Waals surface area (Å²) in [5, 5.41) is 0.411. The number of carbonyl (C=O) groups excluding carboxylic acids is 1. The quantitative estimate of drug-likeness (QED) is 0.783. The molecule has 0 aliphatic heterocycles. The molecular formula is C13H17ClO3S. The average molecular weight is 289 g/mol. The topological polar surface area (TPSA) is 43.4 Å². The largest absolute Gasteiger partial charge is 0.469 e. The fourth-order valence-electron chi connectivity index (χ4n) is 1.48. The molecule has 5 heteroatoms. The molecule has 0 fully saturated rings. The van der Waals surface area contributed by atoms with Crippen LogP contribution >= 0.6 is 11.6 Å². The van der Waals surface area contributed by atoms with Crippen LogP contribution in [0.1, 0.15) is 19.4 Å². The van der Waals surface area contributed by atoms with Gasteiger partial charge in [-0.3, -0.25) is 9.00 Å². The third-order valence-electron chi connectivity index (χ3n) is 2.91. The molecule has 0 aromatic heterocycles. The summed E-state index contributed by atoms with van der Waals surface area (Å²) in [5.74, 6) is -0.283. The minimum absolute atomic E-state index is 0.242. The molecule has 0 spiro atoms. The lowest BCUT2D eigenvalue weighted by molar-refractivity contribution is -0.144. The zero-order valence-corrected chi connectivity index (χ0v) is 12.3. The number of halogens is 1. The minimum Gasteiger partial charge on any atom is -0.469 e. The second kappa shape index (κ2) is 6.90. The van der Waals surface area contributed by atoms with Gasteiger partial charge >= 0.3 is 5.97 Å². The predicted molar refractivity (Wildman–Crippen MR) is 73.9 cm³/mol. The molecule has 100 valence electrons. The van der Waals surface area contributed by atoms with E-state index in [1.165, 1.54) is 7.11 Å². The normalized spacial score (nSPS) is 15.8. The first-order valence-corrected chi connectivity index (χ1v) is 7.41. The lowest BCUT2D eigenvalue weighted by Gasteiger charge is -2.17. The summed E-state index contributed by atoms with van der Waals surface area (Å²) >= 11 is 5.78. The Balaban J connectivity index is 2.65. The molecule has 3 unspecified atom stereocenters. The second-order valence-electron chi connectivity index (χ2n) is 4.17. The monoisotopic (exact) mass is 288 g/mol. The number of hydrogen-bond donors (Lipinski definition) is 0. The molecule has 3 nitrogen and oxygen atoms in total. The molecule has 0 aliphatic rings. The van der Waals surface area contributed by atoms with E-state index in [0.29, 0.717) is 10.8 Å². The Labute approximate surface area is 115 Å². The maximum Gasteiger partial charge on any atom is 0.309 e. The predicted octanol–water partition coefficient (Wildman–Crippen LogP) is 2.79. The Kier molecular flexibility index (Phi) is 5.82. The van der Waals surface area contributed by atoms with E-state index in [4.69, 9.17) is 11.6 Å². The van der Waals surface area contributed by atoms with Crippen LogP contribution in [0.5, 0.6) is 0 Å². The molecule has 0 amide bonds. The molecule has 0 heterocycles. The Bertz CT molecular complexity index is 430. The lowest BCUT2D eigenvalue weighted by Crippen LogP contribution is -2.28. The molecule has 3 atom stereocenters. The molecule has 0 N–H and O–H groups in total. The summed E-state index contributed by atoms with van der Waals surface area (Å²) in [7, 11) is 0.222. The SMILES string of the molecule is COC(=O)C(C)C(C)S(=O)Cc1ccc(Cl)cc1. The van der Waals surface area contributed by atoms with E-state index in [0.717, 1.165) is 5.56 Å². The van der Waals surface area contributed by atoms with Gasteiger partial charge in [-0.25, -0.2) is 0 Å². The van der Waals surface area contributed by atoms with Gasteiger partial charge < -0.3 is 4.74 Å². The van der Waals surface area contributed by atoms with Gasteiger partial charge in [0.05, 0.1) is 13.0 Å². The summed E-state index contributed by atoms with van der Waals surface area (Å²) in [4.78, 5) is 11.4. The molecule has 1 rings (SSSR count). The Morgan fingerprint density at radius 2 is 1.89 bits per heavy atom. The van der Waals surface area contributed by atoms with Crippen LogP contribution in [0.2, 0.25) is 5.02 Å². The van der Waals surface area contributed by atoms with Crippen molar-refractivity contribution in [2.24, 2.45) is 5.92 Å². The van der Waals surface area contributed by atoms with Crippen LogP contribution < -0.4 is 0 Å². The van der Waals surface area contributed by atoms with Gasteiger partial charge in [0.2, 0.25) is 0 Å². The Hall–Kier alpha value is -0.870. The third-order valence-corrected chi connectivity index (χ3v) is 5.02. The van der Waals surface area contributed by atoms with E-state index in [1.54, 1.807) is 26.0 Å². The van der Waals surface area contributed by atoms with Crippen molar-refractivity contribution in [2.45, 2.75) is 24.9 Å². The number of benzene rings is 1. The highest BCUT2D eigenvalue weighted by molar-refractivity contribution is 7.84. The van der Waals surface area contributed by atoms with Crippen molar-refractivity contribution in [3.05, 3.63) is 34.9 Å². The third kappa shape index (κ3) is 4.10. The van der Waals surface area contributed by atoms with E-state index in [2.05, 4.69) is 4.74 Å². The standard InChI is InChI=1S/C13H17ClO3S/c1-9(13(15)17-3)10(2)18(16)8-11-4-6-12(14)7-5-11/h4-7,9-10H,8H2,1-3H3. The molecule has 1 aromatic carbocycles. The number of esters is 1. The Morgan fingerprint density at radius 1 is 1.33 bits per heavy atom. The van der Waals surface area contributed by atoms with E-state index in [9.17, 15) is 9.00 Å². The van der Waals surface area contributed by atoms with Gasteiger partial charge in [-0.05, 0) is 24.6 Å². The highest BCUT2D eigenvalue weighted by Crippen LogP contribution is 2.17. The van der Waals surface area contributed by atoms with Crippen molar-refractivity contribution in [2.75, 3.05) is 7.11 Å². The Morgan fingerprint density at radius 3 is 2.39 bits per heavy atom. The van der Waals surface area contributed by atoms with Gasteiger partial charge in [-0.2, -0.15) is 0 Å².